The maximum absolute atomic E-state index is 11.1. The van der Waals surface area contributed by atoms with Gasteiger partial charge >= 0.3 is 0 Å². The Morgan fingerprint density at radius 2 is 1.76 bits per heavy atom. The maximum Gasteiger partial charge on any atom is 0.237 e. The van der Waals surface area contributed by atoms with Gasteiger partial charge in [0.25, 0.3) is 0 Å². The van der Waals surface area contributed by atoms with E-state index in [0.29, 0.717) is 30.3 Å². The number of amides is 1. The highest BCUT2D eigenvalue weighted by atomic mass is 16.5. The smallest absolute Gasteiger partial charge is 0.237 e. The number of hydrogen-bond donors (Lipinski definition) is 2. The van der Waals surface area contributed by atoms with Gasteiger partial charge in [0.2, 0.25) is 11.7 Å². The van der Waals surface area contributed by atoms with Crippen molar-refractivity contribution in [2.75, 3.05) is 20.8 Å². The van der Waals surface area contributed by atoms with Crippen LogP contribution >= 0.6 is 0 Å². The Bertz CT molecular complexity index is 452. The van der Waals surface area contributed by atoms with E-state index in [9.17, 15) is 4.79 Å². The Labute approximate surface area is 125 Å². The lowest BCUT2D eigenvalue weighted by Gasteiger charge is -2.20. The fourth-order valence-electron chi connectivity index (χ4n) is 1.85. The minimum absolute atomic E-state index is 0.478. The molecule has 0 radical (unpaired) electrons. The predicted octanol–water partition coefficient (Wildman–Crippen LogP) is 1.46. The molecule has 4 N–H and O–H groups in total. The molecule has 0 bridgehead atoms. The van der Waals surface area contributed by atoms with Crippen LogP contribution in [-0.2, 0) is 4.79 Å². The van der Waals surface area contributed by atoms with Crippen molar-refractivity contribution in [1.82, 2.24) is 0 Å². The molecule has 1 aromatic carbocycles. The normalized spacial score (nSPS) is 13.3. The van der Waals surface area contributed by atoms with E-state index in [0.717, 1.165) is 12.8 Å². The molecule has 0 aliphatic rings. The third-order valence-corrected chi connectivity index (χ3v) is 3.28. The summed E-state index contributed by atoms with van der Waals surface area (Å²) in [4.78, 5) is 11.1. The quantitative estimate of drug-likeness (QED) is 0.672. The van der Waals surface area contributed by atoms with Crippen molar-refractivity contribution in [3.8, 4) is 17.2 Å². The highest BCUT2D eigenvalue weighted by molar-refractivity contribution is 5.83. The van der Waals surface area contributed by atoms with Gasteiger partial charge in [-0.2, -0.15) is 0 Å². The second-order valence-electron chi connectivity index (χ2n) is 5.08. The van der Waals surface area contributed by atoms with E-state index in [1.165, 1.54) is 0 Å². The number of benzene rings is 1. The minimum Gasteiger partial charge on any atom is -0.493 e. The average Bonchev–Trinajstić information content (AvgIpc) is 2.46. The summed E-state index contributed by atoms with van der Waals surface area (Å²) in [5.74, 6) is 1.33. The van der Waals surface area contributed by atoms with Crippen molar-refractivity contribution in [2.45, 2.75) is 31.7 Å². The first-order valence-electron chi connectivity index (χ1n) is 6.85. The Morgan fingerprint density at radius 1 is 1.19 bits per heavy atom. The van der Waals surface area contributed by atoms with E-state index >= 15 is 0 Å². The number of nitrogens with two attached hydrogens (primary N) is 2. The van der Waals surface area contributed by atoms with Crippen LogP contribution in [-0.4, -0.2) is 32.3 Å². The van der Waals surface area contributed by atoms with Crippen molar-refractivity contribution in [3.63, 3.8) is 0 Å². The van der Waals surface area contributed by atoms with Crippen LogP contribution in [0.25, 0.3) is 0 Å². The topological polar surface area (TPSA) is 96.8 Å². The highest BCUT2D eigenvalue weighted by Crippen LogP contribution is 2.36. The number of ether oxygens (including phenoxy) is 3. The summed E-state index contributed by atoms with van der Waals surface area (Å²) in [6.45, 7) is 2.12. The van der Waals surface area contributed by atoms with E-state index in [1.807, 2.05) is 18.2 Å². The molecular formula is C15H24N2O4. The highest BCUT2D eigenvalue weighted by Gasteiger charge is 2.24. The third kappa shape index (κ3) is 4.82. The van der Waals surface area contributed by atoms with Crippen LogP contribution in [0.15, 0.2) is 18.2 Å². The molecule has 0 aliphatic carbocycles. The van der Waals surface area contributed by atoms with E-state index < -0.39 is 11.4 Å². The van der Waals surface area contributed by atoms with Crippen LogP contribution in [0.5, 0.6) is 17.2 Å². The van der Waals surface area contributed by atoms with Crippen molar-refractivity contribution in [1.29, 1.82) is 0 Å². The molecule has 1 unspecified atom stereocenters. The molecule has 6 nitrogen and oxygen atoms in total. The molecule has 0 fully saturated rings. The molecule has 0 saturated carbocycles. The van der Waals surface area contributed by atoms with Crippen molar-refractivity contribution in [3.05, 3.63) is 18.2 Å². The van der Waals surface area contributed by atoms with E-state index in [1.54, 1.807) is 21.1 Å². The van der Waals surface area contributed by atoms with Gasteiger partial charge in [0.1, 0.15) is 0 Å². The SMILES string of the molecule is COc1cccc(OC)c1OCCCCC(C)(N)C(N)=O. The summed E-state index contributed by atoms with van der Waals surface area (Å²) in [5, 5.41) is 0. The number of primary amides is 1. The molecule has 118 valence electrons. The zero-order valence-electron chi connectivity index (χ0n) is 12.8. The monoisotopic (exact) mass is 296 g/mol. The predicted molar refractivity (Wildman–Crippen MR) is 80.7 cm³/mol. The fraction of sp³-hybridized carbons (Fsp3) is 0.533. The van der Waals surface area contributed by atoms with Crippen molar-refractivity contribution < 1.29 is 19.0 Å². The third-order valence-electron chi connectivity index (χ3n) is 3.28. The van der Waals surface area contributed by atoms with Gasteiger partial charge < -0.3 is 25.7 Å². The van der Waals surface area contributed by atoms with Gasteiger partial charge in [0.15, 0.2) is 11.5 Å². The summed E-state index contributed by atoms with van der Waals surface area (Å²) >= 11 is 0. The van der Waals surface area contributed by atoms with Crippen molar-refractivity contribution >= 4 is 5.91 Å². The van der Waals surface area contributed by atoms with Crippen LogP contribution in [0.2, 0.25) is 0 Å². The first-order valence-corrected chi connectivity index (χ1v) is 6.85. The number of carbonyl (C=O) groups is 1. The standard InChI is InChI=1S/C15H24N2O4/c1-15(17,14(16)18)9-4-5-10-21-13-11(19-2)7-6-8-12(13)20-3/h6-8H,4-5,9-10,17H2,1-3H3,(H2,16,18). The van der Waals surface area contributed by atoms with Crippen LogP contribution < -0.4 is 25.7 Å². The van der Waals surface area contributed by atoms with Crippen LogP contribution in [0, 0.1) is 0 Å². The number of unbranched alkanes of at least 4 members (excludes halogenated alkanes) is 1. The van der Waals surface area contributed by atoms with E-state index in [-0.39, 0.29) is 0 Å². The molecule has 1 atom stereocenters. The minimum atomic E-state index is -0.970. The molecule has 0 spiro atoms. The van der Waals surface area contributed by atoms with Gasteiger partial charge in [0.05, 0.1) is 26.4 Å². The van der Waals surface area contributed by atoms with Gasteiger partial charge in [-0.25, -0.2) is 0 Å². The summed E-state index contributed by atoms with van der Waals surface area (Å²) < 4.78 is 16.2. The lowest BCUT2D eigenvalue weighted by molar-refractivity contribution is -0.122. The first kappa shape index (κ1) is 17.1. The van der Waals surface area contributed by atoms with Gasteiger partial charge in [-0.3, -0.25) is 4.79 Å². The molecule has 1 aromatic rings. The van der Waals surface area contributed by atoms with E-state index in [2.05, 4.69) is 0 Å². The molecule has 0 saturated heterocycles. The fourth-order valence-corrected chi connectivity index (χ4v) is 1.85. The maximum atomic E-state index is 11.1. The summed E-state index contributed by atoms with van der Waals surface area (Å²) in [6.07, 6.45) is 2.02. The Balaban J connectivity index is 2.48. The van der Waals surface area contributed by atoms with Gasteiger partial charge in [0, 0.05) is 0 Å². The molecule has 1 amide bonds. The van der Waals surface area contributed by atoms with E-state index in [4.69, 9.17) is 25.7 Å². The average molecular weight is 296 g/mol. The lowest BCUT2D eigenvalue weighted by atomic mass is 9.96. The van der Waals surface area contributed by atoms with Crippen LogP contribution in [0.1, 0.15) is 26.2 Å². The van der Waals surface area contributed by atoms with Gasteiger partial charge in [-0.15, -0.1) is 0 Å². The summed E-state index contributed by atoms with van der Waals surface area (Å²) in [7, 11) is 3.16. The lowest BCUT2D eigenvalue weighted by Crippen LogP contribution is -2.49. The zero-order valence-corrected chi connectivity index (χ0v) is 12.8. The molecule has 6 heteroatoms. The van der Waals surface area contributed by atoms with Crippen LogP contribution in [0.3, 0.4) is 0 Å². The second kappa shape index (κ2) is 7.73. The molecule has 0 aromatic heterocycles. The molecule has 0 heterocycles. The van der Waals surface area contributed by atoms with Gasteiger partial charge in [-0.05, 0) is 38.3 Å². The number of rotatable bonds is 9. The largest absolute Gasteiger partial charge is 0.493 e. The molecule has 21 heavy (non-hydrogen) atoms. The molecule has 0 aliphatic heterocycles. The van der Waals surface area contributed by atoms with Crippen LogP contribution in [0.4, 0.5) is 0 Å². The number of hydrogen-bond acceptors (Lipinski definition) is 5. The number of para-hydroxylation sites is 1. The Hall–Kier alpha value is -1.95. The number of methoxy groups -OCH3 is 2. The summed E-state index contributed by atoms with van der Waals surface area (Å²) in [6, 6.07) is 5.45. The second-order valence-corrected chi connectivity index (χ2v) is 5.08. The molecule has 1 rings (SSSR count). The van der Waals surface area contributed by atoms with Crippen molar-refractivity contribution in [2.24, 2.45) is 11.5 Å². The molecular weight excluding hydrogens is 272 g/mol. The van der Waals surface area contributed by atoms with Gasteiger partial charge in [-0.1, -0.05) is 6.07 Å². The Morgan fingerprint density at radius 3 is 2.24 bits per heavy atom. The Kier molecular flexibility index (Phi) is 6.30. The zero-order chi connectivity index (χ0) is 15.9. The number of carbonyl (C=O) groups excluding carboxylic acids is 1. The summed E-state index contributed by atoms with van der Waals surface area (Å²) in [5.41, 5.74) is 10.0. The first-order chi connectivity index (χ1) is 9.92.